The number of hydrogen-bond acceptors (Lipinski definition) is 6. The molecule has 1 fully saturated rings. The quantitative estimate of drug-likeness (QED) is 0.910. The van der Waals surface area contributed by atoms with Crippen LogP contribution in [0.2, 0.25) is 5.02 Å². The lowest BCUT2D eigenvalue weighted by molar-refractivity contribution is 0.0238. The zero-order valence-corrected chi connectivity index (χ0v) is 14.8. The van der Waals surface area contributed by atoms with E-state index in [2.05, 4.69) is 15.3 Å². The Kier molecular flexibility index (Phi) is 5.19. The fourth-order valence-electron chi connectivity index (χ4n) is 2.46. The molecule has 0 radical (unpaired) electrons. The van der Waals surface area contributed by atoms with Crippen LogP contribution >= 0.6 is 11.6 Å². The zero-order chi connectivity index (χ0) is 17.2. The van der Waals surface area contributed by atoms with Crippen molar-refractivity contribution in [2.45, 2.75) is 51.8 Å². The fourth-order valence-corrected chi connectivity index (χ4v) is 2.63. The van der Waals surface area contributed by atoms with Crippen LogP contribution in [-0.2, 0) is 4.74 Å². The summed E-state index contributed by atoms with van der Waals surface area (Å²) >= 11 is 5.92. The molecule has 2 atom stereocenters. The third kappa shape index (κ3) is 4.60. The highest BCUT2D eigenvalue weighted by Crippen LogP contribution is 2.25. The molecule has 1 aromatic heterocycles. The molecular weight excluding hydrogens is 320 g/mol. The first-order chi connectivity index (χ1) is 10.7. The van der Waals surface area contributed by atoms with E-state index in [1.807, 2.05) is 27.7 Å². The number of carbonyl (C=O) groups is 1. The van der Waals surface area contributed by atoms with Gasteiger partial charge < -0.3 is 19.7 Å². The highest BCUT2D eigenvalue weighted by molar-refractivity contribution is 6.31. The van der Waals surface area contributed by atoms with Crippen LogP contribution in [0, 0.1) is 0 Å². The van der Waals surface area contributed by atoms with Crippen LogP contribution in [0.15, 0.2) is 6.20 Å². The van der Waals surface area contributed by atoms with Crippen molar-refractivity contribution in [3.63, 3.8) is 0 Å². The minimum atomic E-state index is -0.505. The Bertz CT molecular complexity index is 576. The van der Waals surface area contributed by atoms with Gasteiger partial charge in [0.05, 0.1) is 13.3 Å². The molecule has 1 amide bonds. The number of aromatic nitrogens is 2. The third-order valence-corrected chi connectivity index (χ3v) is 3.70. The monoisotopic (exact) mass is 342 g/mol. The summed E-state index contributed by atoms with van der Waals surface area (Å²) in [6.07, 6.45) is 1.97. The summed E-state index contributed by atoms with van der Waals surface area (Å²) in [5.41, 5.74) is -0.505. The molecule has 0 spiro atoms. The van der Waals surface area contributed by atoms with E-state index in [0.717, 1.165) is 6.42 Å². The molecule has 128 valence electrons. The molecule has 2 rings (SSSR count). The second-order valence-corrected chi connectivity index (χ2v) is 7.02. The predicted molar refractivity (Wildman–Crippen MR) is 88.0 cm³/mol. The van der Waals surface area contributed by atoms with Crippen molar-refractivity contribution in [3.8, 4) is 5.88 Å². The average Bonchev–Trinajstić information content (AvgIpc) is 2.80. The van der Waals surface area contributed by atoms with Crippen LogP contribution in [0.3, 0.4) is 0 Å². The summed E-state index contributed by atoms with van der Waals surface area (Å²) in [4.78, 5) is 22.3. The van der Waals surface area contributed by atoms with Gasteiger partial charge >= 0.3 is 6.09 Å². The number of amides is 1. The summed E-state index contributed by atoms with van der Waals surface area (Å²) in [7, 11) is 1.50. The van der Waals surface area contributed by atoms with E-state index in [0.29, 0.717) is 23.4 Å². The largest absolute Gasteiger partial charge is 0.480 e. The Labute approximate surface area is 141 Å². The number of methoxy groups -OCH3 is 1. The second-order valence-electron chi connectivity index (χ2n) is 6.61. The lowest BCUT2D eigenvalue weighted by Gasteiger charge is -2.26. The number of nitrogens with zero attached hydrogens (tertiary/aromatic N) is 3. The third-order valence-electron chi connectivity index (χ3n) is 3.44. The van der Waals surface area contributed by atoms with Crippen LogP contribution in [0.25, 0.3) is 0 Å². The lowest BCUT2D eigenvalue weighted by atomic mass is 10.2. The van der Waals surface area contributed by atoms with Gasteiger partial charge in [-0.2, -0.15) is 4.98 Å². The van der Waals surface area contributed by atoms with E-state index >= 15 is 0 Å². The van der Waals surface area contributed by atoms with Gasteiger partial charge in [0.2, 0.25) is 11.8 Å². The molecule has 0 unspecified atom stereocenters. The molecule has 2 heterocycles. The first-order valence-corrected chi connectivity index (χ1v) is 7.90. The summed E-state index contributed by atoms with van der Waals surface area (Å²) in [6.45, 7) is 8.10. The van der Waals surface area contributed by atoms with Gasteiger partial charge in [-0.25, -0.2) is 9.78 Å². The number of anilines is 1. The van der Waals surface area contributed by atoms with Gasteiger partial charge in [0.1, 0.15) is 10.6 Å². The van der Waals surface area contributed by atoms with E-state index in [1.54, 1.807) is 4.90 Å². The maximum atomic E-state index is 12.2. The van der Waals surface area contributed by atoms with Gasteiger partial charge in [0.15, 0.2) is 0 Å². The molecule has 23 heavy (non-hydrogen) atoms. The van der Waals surface area contributed by atoms with Gasteiger partial charge in [-0.15, -0.1) is 0 Å². The SMILES string of the molecule is COc1nc(N[C@@H]2C[C@H](C)N(C(=O)OC(C)(C)C)C2)ncc1Cl. The van der Waals surface area contributed by atoms with Gasteiger partial charge in [-0.3, -0.25) is 0 Å². The van der Waals surface area contributed by atoms with E-state index in [4.69, 9.17) is 21.1 Å². The molecule has 0 bridgehead atoms. The number of hydrogen-bond donors (Lipinski definition) is 1. The van der Waals surface area contributed by atoms with Crippen LogP contribution in [-0.4, -0.2) is 52.3 Å². The maximum Gasteiger partial charge on any atom is 0.410 e. The minimum Gasteiger partial charge on any atom is -0.480 e. The summed E-state index contributed by atoms with van der Waals surface area (Å²) in [6, 6.07) is 0.125. The van der Waals surface area contributed by atoms with Crippen molar-refractivity contribution in [2.75, 3.05) is 19.0 Å². The highest BCUT2D eigenvalue weighted by Gasteiger charge is 2.35. The summed E-state index contributed by atoms with van der Waals surface area (Å²) < 4.78 is 10.5. The molecule has 8 heteroatoms. The van der Waals surface area contributed by atoms with Crippen molar-refractivity contribution < 1.29 is 14.3 Å². The van der Waals surface area contributed by atoms with Crippen LogP contribution in [0.5, 0.6) is 5.88 Å². The molecular formula is C15H23ClN4O3. The molecule has 1 aliphatic rings. The number of likely N-dealkylation sites (tertiary alicyclic amines) is 1. The normalized spacial score (nSPS) is 21.2. The minimum absolute atomic E-state index is 0.0448. The zero-order valence-electron chi connectivity index (χ0n) is 14.1. The Morgan fingerprint density at radius 1 is 1.48 bits per heavy atom. The van der Waals surface area contributed by atoms with E-state index in [1.165, 1.54) is 13.3 Å². The van der Waals surface area contributed by atoms with E-state index in [9.17, 15) is 4.79 Å². The molecule has 0 aromatic carbocycles. The van der Waals surface area contributed by atoms with E-state index < -0.39 is 5.60 Å². The molecule has 7 nitrogen and oxygen atoms in total. The molecule has 1 aromatic rings. The molecule has 1 aliphatic heterocycles. The molecule has 1 saturated heterocycles. The van der Waals surface area contributed by atoms with Crippen LogP contribution in [0.4, 0.5) is 10.7 Å². The van der Waals surface area contributed by atoms with E-state index in [-0.39, 0.29) is 18.2 Å². The van der Waals surface area contributed by atoms with Gasteiger partial charge in [0.25, 0.3) is 0 Å². The predicted octanol–water partition coefficient (Wildman–Crippen LogP) is 2.95. The Morgan fingerprint density at radius 2 is 2.17 bits per heavy atom. The van der Waals surface area contributed by atoms with Crippen LogP contribution in [0.1, 0.15) is 34.1 Å². The van der Waals surface area contributed by atoms with Gasteiger partial charge in [0, 0.05) is 18.6 Å². The number of nitrogens with one attached hydrogen (secondary N) is 1. The maximum absolute atomic E-state index is 12.2. The Balaban J connectivity index is 2.00. The number of ether oxygens (including phenoxy) is 2. The number of halogens is 1. The topological polar surface area (TPSA) is 76.6 Å². The Hall–Kier alpha value is -1.76. The first kappa shape index (κ1) is 17.6. The van der Waals surface area contributed by atoms with Crippen molar-refractivity contribution in [1.29, 1.82) is 0 Å². The molecule has 0 aliphatic carbocycles. The van der Waals surface area contributed by atoms with Gasteiger partial charge in [-0.05, 0) is 34.1 Å². The average molecular weight is 343 g/mol. The van der Waals surface area contributed by atoms with Gasteiger partial charge in [-0.1, -0.05) is 11.6 Å². The highest BCUT2D eigenvalue weighted by atomic mass is 35.5. The van der Waals surface area contributed by atoms with Crippen molar-refractivity contribution >= 4 is 23.6 Å². The first-order valence-electron chi connectivity index (χ1n) is 7.52. The van der Waals surface area contributed by atoms with Crippen LogP contribution < -0.4 is 10.1 Å². The molecule has 1 N–H and O–H groups in total. The Morgan fingerprint density at radius 3 is 2.78 bits per heavy atom. The summed E-state index contributed by atoms with van der Waals surface area (Å²) in [5.74, 6) is 0.744. The molecule has 0 saturated carbocycles. The lowest BCUT2D eigenvalue weighted by Crippen LogP contribution is -2.39. The number of rotatable bonds is 3. The second kappa shape index (κ2) is 6.78. The van der Waals surface area contributed by atoms with Crippen molar-refractivity contribution in [3.05, 3.63) is 11.2 Å². The standard InChI is InChI=1S/C15H23ClN4O3/c1-9-6-10(8-20(9)14(21)23-15(2,3)4)18-13-17-7-11(16)12(19-13)22-5/h7,9-10H,6,8H2,1-5H3,(H,17,18,19)/t9-,10+/m0/s1. The van der Waals surface area contributed by atoms with Crippen molar-refractivity contribution in [2.24, 2.45) is 0 Å². The van der Waals surface area contributed by atoms with Crippen molar-refractivity contribution in [1.82, 2.24) is 14.9 Å². The fraction of sp³-hybridized carbons (Fsp3) is 0.667. The summed E-state index contributed by atoms with van der Waals surface area (Å²) in [5, 5.41) is 3.57. The smallest absolute Gasteiger partial charge is 0.410 e. The number of carbonyl (C=O) groups excluding carboxylic acids is 1.